The fraction of sp³-hybridized carbons (Fsp3) is 0.692. The first-order valence-electron chi connectivity index (χ1n) is 6.35. The zero-order valence-electron chi connectivity index (χ0n) is 10.6. The first-order chi connectivity index (χ1) is 8.20. The third-order valence-electron chi connectivity index (χ3n) is 3.45. The van der Waals surface area contributed by atoms with Gasteiger partial charge >= 0.3 is 0 Å². The molecule has 0 N–H and O–H groups in total. The van der Waals surface area contributed by atoms with E-state index in [0.717, 1.165) is 25.1 Å². The molecule has 1 aliphatic rings. The molecule has 0 amide bonds. The van der Waals surface area contributed by atoms with Gasteiger partial charge < -0.3 is 4.74 Å². The summed E-state index contributed by atoms with van der Waals surface area (Å²) in [5.41, 5.74) is 0.877. The summed E-state index contributed by atoms with van der Waals surface area (Å²) in [6, 6.07) is 2.34. The van der Waals surface area contributed by atoms with E-state index in [1.54, 1.807) is 0 Å². The minimum absolute atomic E-state index is 0.0868. The summed E-state index contributed by atoms with van der Waals surface area (Å²) in [4.78, 5) is 11.9. The van der Waals surface area contributed by atoms with Gasteiger partial charge in [-0.15, -0.1) is 0 Å². The summed E-state index contributed by atoms with van der Waals surface area (Å²) < 4.78 is 7.17. The number of hydrogen-bond acceptors (Lipinski definition) is 3. The van der Waals surface area contributed by atoms with Crippen LogP contribution < -0.4 is 0 Å². The Kier molecular flexibility index (Phi) is 3.94. The van der Waals surface area contributed by atoms with E-state index in [2.05, 4.69) is 18.9 Å². The number of Topliss-reactive ketones (excluding diaryl/α,β-unsaturated/α-hetero) is 1. The van der Waals surface area contributed by atoms with Crippen molar-refractivity contribution in [2.45, 2.75) is 39.2 Å². The monoisotopic (exact) mass is 236 g/mol. The molecule has 2 unspecified atom stereocenters. The predicted octanol–water partition coefficient (Wildman–Crippen LogP) is 2.00. The fourth-order valence-corrected chi connectivity index (χ4v) is 2.02. The second-order valence-corrected chi connectivity index (χ2v) is 4.75. The van der Waals surface area contributed by atoms with Crippen LogP contribution in [0.3, 0.4) is 0 Å². The number of ether oxygens (including phenoxy) is 1. The molecule has 0 radical (unpaired) electrons. The first kappa shape index (κ1) is 12.3. The molecule has 1 fully saturated rings. The van der Waals surface area contributed by atoms with E-state index >= 15 is 0 Å². The highest BCUT2D eigenvalue weighted by Crippen LogP contribution is 2.16. The quantitative estimate of drug-likeness (QED) is 0.785. The summed E-state index contributed by atoms with van der Waals surface area (Å²) in [7, 11) is 0. The maximum atomic E-state index is 11.9. The molecule has 17 heavy (non-hydrogen) atoms. The molecule has 0 bridgehead atoms. The topological polar surface area (TPSA) is 44.1 Å². The van der Waals surface area contributed by atoms with E-state index in [-0.39, 0.29) is 11.7 Å². The Morgan fingerprint density at radius 2 is 2.53 bits per heavy atom. The summed E-state index contributed by atoms with van der Waals surface area (Å²) in [5, 5.41) is 4.45. The molecule has 1 aromatic heterocycles. The van der Waals surface area contributed by atoms with Crippen LogP contribution in [0.5, 0.6) is 0 Å². The zero-order valence-corrected chi connectivity index (χ0v) is 10.6. The zero-order chi connectivity index (χ0) is 12.3. The van der Waals surface area contributed by atoms with Gasteiger partial charge in [0, 0.05) is 24.8 Å². The molecule has 1 aliphatic heterocycles. The largest absolute Gasteiger partial charge is 0.381 e. The van der Waals surface area contributed by atoms with Gasteiger partial charge in [-0.25, -0.2) is 0 Å². The lowest BCUT2D eigenvalue weighted by atomic mass is 10.00. The molecular formula is C13H20N2O2. The summed E-state index contributed by atoms with van der Waals surface area (Å²) in [6.45, 7) is 5.57. The summed E-state index contributed by atoms with van der Waals surface area (Å²) >= 11 is 0. The first-order valence-corrected chi connectivity index (χ1v) is 6.35. The summed E-state index contributed by atoms with van der Waals surface area (Å²) in [6.07, 6.45) is 4.32. The smallest absolute Gasteiger partial charge is 0.144 e. The van der Waals surface area contributed by atoms with Crippen LogP contribution in [0.1, 0.15) is 38.4 Å². The molecule has 0 spiro atoms. The number of aromatic nitrogens is 2. The van der Waals surface area contributed by atoms with E-state index in [9.17, 15) is 4.79 Å². The van der Waals surface area contributed by atoms with E-state index in [1.807, 2.05) is 16.9 Å². The normalized spacial score (nSPS) is 21.6. The maximum absolute atomic E-state index is 11.9. The lowest BCUT2D eigenvalue weighted by molar-refractivity contribution is -0.122. The van der Waals surface area contributed by atoms with Crippen molar-refractivity contribution in [2.75, 3.05) is 13.2 Å². The second-order valence-electron chi connectivity index (χ2n) is 4.75. The Morgan fingerprint density at radius 1 is 1.71 bits per heavy atom. The lowest BCUT2D eigenvalue weighted by Crippen LogP contribution is -2.17. The van der Waals surface area contributed by atoms with Crippen molar-refractivity contribution >= 4 is 5.78 Å². The van der Waals surface area contributed by atoms with Crippen LogP contribution in [-0.2, 0) is 16.0 Å². The molecule has 4 heteroatoms. The third-order valence-corrected chi connectivity index (χ3v) is 3.45. The predicted molar refractivity (Wildman–Crippen MR) is 64.9 cm³/mol. The van der Waals surface area contributed by atoms with Crippen LogP contribution in [-0.4, -0.2) is 28.8 Å². The van der Waals surface area contributed by atoms with Crippen molar-refractivity contribution in [1.29, 1.82) is 0 Å². The second kappa shape index (κ2) is 5.45. The van der Waals surface area contributed by atoms with Crippen LogP contribution >= 0.6 is 0 Å². The van der Waals surface area contributed by atoms with Gasteiger partial charge in [0.2, 0.25) is 0 Å². The number of carbonyl (C=O) groups excluding carboxylic acids is 1. The van der Waals surface area contributed by atoms with Gasteiger partial charge in [0.05, 0.1) is 18.7 Å². The average Bonchev–Trinajstić information content (AvgIpc) is 2.98. The Balaban J connectivity index is 1.94. The fourth-order valence-electron chi connectivity index (χ4n) is 2.02. The van der Waals surface area contributed by atoms with E-state index in [0.29, 0.717) is 19.1 Å². The van der Waals surface area contributed by atoms with Gasteiger partial charge in [-0.2, -0.15) is 5.10 Å². The van der Waals surface area contributed by atoms with E-state index < -0.39 is 0 Å². The Morgan fingerprint density at radius 3 is 3.18 bits per heavy atom. The standard InChI is InChI=1S/C13H20N2O2/c1-3-10(2)15-6-4-12(14-15)8-13(16)11-5-7-17-9-11/h4,6,10-11H,3,5,7-9H2,1-2H3. The number of hydrogen-bond donors (Lipinski definition) is 0. The maximum Gasteiger partial charge on any atom is 0.144 e. The van der Waals surface area contributed by atoms with Gasteiger partial charge in [-0.3, -0.25) is 9.48 Å². The minimum atomic E-state index is 0.0868. The van der Waals surface area contributed by atoms with Crippen molar-refractivity contribution in [1.82, 2.24) is 9.78 Å². The number of nitrogens with zero attached hydrogens (tertiary/aromatic N) is 2. The van der Waals surface area contributed by atoms with Gasteiger partial charge in [-0.05, 0) is 25.8 Å². The molecular weight excluding hydrogens is 216 g/mol. The SMILES string of the molecule is CCC(C)n1ccc(CC(=O)C2CCOC2)n1. The van der Waals surface area contributed by atoms with Crippen molar-refractivity contribution in [3.63, 3.8) is 0 Å². The molecule has 0 aliphatic carbocycles. The molecule has 4 nitrogen and oxygen atoms in total. The lowest BCUT2D eigenvalue weighted by Gasteiger charge is -2.08. The molecule has 1 aromatic rings. The Hall–Kier alpha value is -1.16. The molecule has 2 atom stereocenters. The van der Waals surface area contributed by atoms with Crippen LogP contribution in [0.4, 0.5) is 0 Å². The summed E-state index contributed by atoms with van der Waals surface area (Å²) in [5.74, 6) is 0.348. The van der Waals surface area contributed by atoms with Crippen LogP contribution in [0.25, 0.3) is 0 Å². The highest BCUT2D eigenvalue weighted by atomic mass is 16.5. The Labute approximate surface area is 102 Å². The van der Waals surface area contributed by atoms with Crippen LogP contribution in [0.2, 0.25) is 0 Å². The average molecular weight is 236 g/mol. The number of rotatable bonds is 5. The van der Waals surface area contributed by atoms with Crippen molar-refractivity contribution in [2.24, 2.45) is 5.92 Å². The van der Waals surface area contributed by atoms with Crippen molar-refractivity contribution < 1.29 is 9.53 Å². The van der Waals surface area contributed by atoms with Crippen LogP contribution in [0.15, 0.2) is 12.3 Å². The highest BCUT2D eigenvalue weighted by molar-refractivity contribution is 5.83. The van der Waals surface area contributed by atoms with Gasteiger partial charge in [0.25, 0.3) is 0 Å². The minimum Gasteiger partial charge on any atom is -0.381 e. The third kappa shape index (κ3) is 2.94. The van der Waals surface area contributed by atoms with Crippen molar-refractivity contribution in [3.05, 3.63) is 18.0 Å². The van der Waals surface area contributed by atoms with Gasteiger partial charge in [0.15, 0.2) is 0 Å². The number of carbonyl (C=O) groups is 1. The van der Waals surface area contributed by atoms with Crippen molar-refractivity contribution in [3.8, 4) is 0 Å². The van der Waals surface area contributed by atoms with Gasteiger partial charge in [0.1, 0.15) is 5.78 Å². The Bertz CT molecular complexity index is 381. The molecule has 2 heterocycles. The molecule has 0 aromatic carbocycles. The molecule has 2 rings (SSSR count). The molecule has 94 valence electrons. The van der Waals surface area contributed by atoms with E-state index in [4.69, 9.17) is 4.74 Å². The van der Waals surface area contributed by atoms with Crippen LogP contribution in [0, 0.1) is 5.92 Å². The molecule has 1 saturated heterocycles. The van der Waals surface area contributed by atoms with Gasteiger partial charge in [-0.1, -0.05) is 6.92 Å². The number of ketones is 1. The van der Waals surface area contributed by atoms with E-state index in [1.165, 1.54) is 0 Å². The molecule has 0 saturated carbocycles. The highest BCUT2D eigenvalue weighted by Gasteiger charge is 2.24.